The van der Waals surface area contributed by atoms with Crippen LogP contribution in [0, 0.1) is 0 Å². The molecule has 0 spiro atoms. The van der Waals surface area contributed by atoms with Crippen LogP contribution in [0.1, 0.15) is 29.8 Å². The van der Waals surface area contributed by atoms with Crippen LogP contribution < -0.4 is 10.6 Å². The fraction of sp³-hybridized carbons (Fsp3) is 0.182. The first kappa shape index (κ1) is 22.0. The second-order valence-electron chi connectivity index (χ2n) is 6.57. The normalized spacial score (nSPS) is 10.4. The summed E-state index contributed by atoms with van der Waals surface area (Å²) in [6.07, 6.45) is 0.0274. The Morgan fingerprint density at radius 1 is 1.03 bits per heavy atom. The fourth-order valence-electron chi connectivity index (χ4n) is 2.84. The summed E-state index contributed by atoms with van der Waals surface area (Å²) in [7, 11) is 0. The van der Waals surface area contributed by atoms with Crippen molar-refractivity contribution < 1.29 is 23.6 Å². The number of nitrogens with one attached hydrogen (secondary N) is 2. The predicted octanol–water partition coefficient (Wildman–Crippen LogP) is 4.31. The van der Waals surface area contributed by atoms with E-state index >= 15 is 0 Å². The highest BCUT2D eigenvalue weighted by atomic mass is 35.5. The number of amides is 2. The first-order chi connectivity index (χ1) is 14.9. The Kier molecular flexibility index (Phi) is 7.04. The Bertz CT molecular complexity index is 1090. The zero-order valence-corrected chi connectivity index (χ0v) is 17.7. The largest absolute Gasteiger partial charge is 0.462 e. The number of nitrogens with zero attached hydrogens (tertiary/aromatic N) is 1. The van der Waals surface area contributed by atoms with Gasteiger partial charge in [-0.3, -0.25) is 14.9 Å². The summed E-state index contributed by atoms with van der Waals surface area (Å²) >= 11 is 5.92. The number of carbonyl (C=O) groups is 3. The first-order valence-electron chi connectivity index (χ1n) is 9.46. The number of carbonyl (C=O) groups excluding carboxylic acids is 3. The van der Waals surface area contributed by atoms with Crippen molar-refractivity contribution in [3.63, 3.8) is 0 Å². The van der Waals surface area contributed by atoms with Crippen molar-refractivity contribution in [2.75, 3.05) is 17.2 Å². The summed E-state index contributed by atoms with van der Waals surface area (Å²) in [6, 6.07) is 13.5. The summed E-state index contributed by atoms with van der Waals surface area (Å²) < 4.78 is 10.4. The van der Waals surface area contributed by atoms with E-state index < -0.39 is 11.9 Å². The molecule has 2 aromatic carbocycles. The van der Waals surface area contributed by atoms with E-state index in [1.807, 2.05) is 0 Å². The lowest BCUT2D eigenvalue weighted by Gasteiger charge is -2.07. The Balaban J connectivity index is 1.80. The highest BCUT2D eigenvalue weighted by Crippen LogP contribution is 2.30. The van der Waals surface area contributed by atoms with Crippen LogP contribution in [0.15, 0.2) is 53.1 Å². The van der Waals surface area contributed by atoms with E-state index in [1.54, 1.807) is 55.5 Å². The molecule has 9 heteroatoms. The van der Waals surface area contributed by atoms with Crippen molar-refractivity contribution in [3.8, 4) is 11.3 Å². The number of hydrogen-bond donors (Lipinski definition) is 2. The maximum Gasteiger partial charge on any atom is 0.346 e. The van der Waals surface area contributed by atoms with Crippen molar-refractivity contribution in [3.05, 3.63) is 64.7 Å². The molecule has 1 aromatic heterocycles. The minimum Gasteiger partial charge on any atom is -0.462 e. The van der Waals surface area contributed by atoms with Crippen LogP contribution in [0.25, 0.3) is 11.3 Å². The average Bonchev–Trinajstić information content (AvgIpc) is 3.13. The molecule has 0 atom stereocenters. The molecule has 0 saturated heterocycles. The third-order valence-electron chi connectivity index (χ3n) is 4.18. The van der Waals surface area contributed by atoms with Gasteiger partial charge in [0.1, 0.15) is 5.69 Å². The van der Waals surface area contributed by atoms with Gasteiger partial charge in [-0.05, 0) is 36.8 Å². The van der Waals surface area contributed by atoms with Crippen LogP contribution in [0.5, 0.6) is 0 Å². The Hall–Kier alpha value is -3.65. The van der Waals surface area contributed by atoms with Crippen LogP contribution in [0.3, 0.4) is 0 Å². The number of anilines is 2. The molecule has 3 rings (SSSR count). The predicted molar refractivity (Wildman–Crippen MR) is 116 cm³/mol. The summed E-state index contributed by atoms with van der Waals surface area (Å²) in [6.45, 7) is 3.24. The van der Waals surface area contributed by atoms with Gasteiger partial charge in [-0.2, -0.15) is 0 Å². The number of benzene rings is 2. The molecular formula is C22H20ClN3O5. The number of esters is 1. The molecule has 0 aliphatic rings. The molecule has 0 unspecified atom stereocenters. The van der Waals surface area contributed by atoms with Crippen LogP contribution in [-0.2, 0) is 20.7 Å². The van der Waals surface area contributed by atoms with Crippen LogP contribution in [-0.4, -0.2) is 29.5 Å². The van der Waals surface area contributed by atoms with Crippen LogP contribution in [0.4, 0.5) is 11.6 Å². The molecular weight excluding hydrogens is 422 g/mol. The standard InChI is InChI=1S/C22H20ClN3O5/c1-3-30-22(29)19-20(15-6-8-16(23)9-7-15)26-31-21(19)25-18(28)12-14-4-10-17(11-5-14)24-13(2)27/h4-11H,3,12H2,1-2H3,(H,24,27)(H,25,28). The summed E-state index contributed by atoms with van der Waals surface area (Å²) in [5.41, 5.74) is 2.19. The van der Waals surface area contributed by atoms with E-state index in [-0.39, 0.29) is 36.1 Å². The zero-order chi connectivity index (χ0) is 22.4. The fourth-order valence-corrected chi connectivity index (χ4v) is 2.96. The molecule has 0 saturated carbocycles. The highest BCUT2D eigenvalue weighted by molar-refractivity contribution is 6.30. The summed E-state index contributed by atoms with van der Waals surface area (Å²) in [4.78, 5) is 36.1. The maximum absolute atomic E-state index is 12.5. The van der Waals surface area contributed by atoms with Gasteiger partial charge in [-0.15, -0.1) is 0 Å². The number of halogens is 1. The molecule has 0 fully saturated rings. The highest BCUT2D eigenvalue weighted by Gasteiger charge is 2.26. The van der Waals surface area contributed by atoms with Crippen molar-refractivity contribution in [1.29, 1.82) is 0 Å². The van der Waals surface area contributed by atoms with Gasteiger partial charge in [0.2, 0.25) is 17.7 Å². The van der Waals surface area contributed by atoms with Gasteiger partial charge >= 0.3 is 5.97 Å². The maximum atomic E-state index is 12.5. The molecule has 2 N–H and O–H groups in total. The Morgan fingerprint density at radius 2 is 1.71 bits per heavy atom. The first-order valence-corrected chi connectivity index (χ1v) is 9.84. The Morgan fingerprint density at radius 3 is 2.32 bits per heavy atom. The Labute approximate surface area is 183 Å². The van der Waals surface area contributed by atoms with E-state index in [1.165, 1.54) is 6.92 Å². The quantitative estimate of drug-likeness (QED) is 0.528. The van der Waals surface area contributed by atoms with Gasteiger partial charge in [0, 0.05) is 23.2 Å². The zero-order valence-electron chi connectivity index (χ0n) is 16.9. The van der Waals surface area contributed by atoms with E-state index in [2.05, 4.69) is 15.8 Å². The van der Waals surface area contributed by atoms with Crippen molar-refractivity contribution in [1.82, 2.24) is 5.16 Å². The smallest absolute Gasteiger partial charge is 0.346 e. The second kappa shape index (κ2) is 9.90. The van der Waals surface area contributed by atoms with Gasteiger partial charge in [-0.25, -0.2) is 4.79 Å². The molecule has 0 radical (unpaired) electrons. The van der Waals surface area contributed by atoms with Crippen LogP contribution in [0.2, 0.25) is 5.02 Å². The minimum atomic E-state index is -0.663. The molecule has 8 nitrogen and oxygen atoms in total. The van der Waals surface area contributed by atoms with Gasteiger partial charge in [0.15, 0.2) is 5.56 Å². The van der Waals surface area contributed by atoms with Crippen molar-refractivity contribution in [2.45, 2.75) is 20.3 Å². The van der Waals surface area contributed by atoms with Gasteiger partial charge in [0.25, 0.3) is 0 Å². The molecule has 3 aromatic rings. The summed E-state index contributed by atoms with van der Waals surface area (Å²) in [5, 5.41) is 9.71. The lowest BCUT2D eigenvalue weighted by atomic mass is 10.1. The van der Waals surface area contributed by atoms with Crippen LogP contribution >= 0.6 is 11.6 Å². The van der Waals surface area contributed by atoms with Crippen molar-refractivity contribution in [2.24, 2.45) is 0 Å². The van der Waals surface area contributed by atoms with Gasteiger partial charge < -0.3 is 14.6 Å². The van der Waals surface area contributed by atoms with Crippen molar-refractivity contribution >= 4 is 41.0 Å². The average molecular weight is 442 g/mol. The SMILES string of the molecule is CCOC(=O)c1c(-c2ccc(Cl)cc2)noc1NC(=O)Cc1ccc(NC(C)=O)cc1. The molecule has 0 aliphatic carbocycles. The lowest BCUT2D eigenvalue weighted by molar-refractivity contribution is -0.116. The third-order valence-corrected chi connectivity index (χ3v) is 4.43. The molecule has 2 amide bonds. The monoisotopic (exact) mass is 441 g/mol. The van der Waals surface area contributed by atoms with E-state index in [0.717, 1.165) is 0 Å². The van der Waals surface area contributed by atoms with Gasteiger partial charge in [-0.1, -0.05) is 41.0 Å². The molecule has 31 heavy (non-hydrogen) atoms. The number of rotatable bonds is 7. The molecule has 0 bridgehead atoms. The second-order valence-corrected chi connectivity index (χ2v) is 7.00. The number of aromatic nitrogens is 1. The molecule has 1 heterocycles. The number of hydrogen-bond acceptors (Lipinski definition) is 6. The summed E-state index contributed by atoms with van der Waals surface area (Å²) in [5.74, 6) is -1.35. The van der Waals surface area contributed by atoms with Gasteiger partial charge in [0.05, 0.1) is 13.0 Å². The topological polar surface area (TPSA) is 111 Å². The van der Waals surface area contributed by atoms with E-state index in [4.69, 9.17) is 20.9 Å². The third kappa shape index (κ3) is 5.70. The lowest BCUT2D eigenvalue weighted by Crippen LogP contribution is -2.17. The van der Waals surface area contributed by atoms with E-state index in [9.17, 15) is 14.4 Å². The molecule has 0 aliphatic heterocycles. The minimum absolute atomic E-state index is 0.0264. The number of ether oxygens (including phenoxy) is 1. The van der Waals surface area contributed by atoms with E-state index in [0.29, 0.717) is 21.8 Å². The molecule has 160 valence electrons.